The smallest absolute Gasteiger partial charge is 0.344 e. The number of carbonyl (C=O) groups excluding carboxylic acids is 1. The molecule has 0 aliphatic heterocycles. The number of hydrogen-bond acceptors (Lipinski definition) is 4. The van der Waals surface area contributed by atoms with Crippen LogP contribution in [0, 0.1) is 6.92 Å². The van der Waals surface area contributed by atoms with Gasteiger partial charge in [0.2, 0.25) is 0 Å². The van der Waals surface area contributed by atoms with Gasteiger partial charge in [0.1, 0.15) is 5.75 Å². The molecule has 0 N–H and O–H groups in total. The molecule has 0 amide bonds. The number of hydrogen-bond donors (Lipinski definition) is 0. The molecule has 3 aromatic rings. The van der Waals surface area contributed by atoms with Crippen LogP contribution in [0.15, 0.2) is 66.7 Å². The second kappa shape index (κ2) is 9.69. The largest absolute Gasteiger partial charge is 0.478 e. The van der Waals surface area contributed by atoms with E-state index in [4.69, 9.17) is 14.2 Å². The van der Waals surface area contributed by atoms with Crippen LogP contribution < -0.4 is 9.47 Å². The lowest BCUT2D eigenvalue weighted by molar-refractivity contribution is -0.145. The van der Waals surface area contributed by atoms with E-state index in [0.717, 1.165) is 11.1 Å². The zero-order valence-electron chi connectivity index (χ0n) is 18.9. The van der Waals surface area contributed by atoms with E-state index in [1.165, 1.54) is 11.1 Å². The molecule has 0 spiro atoms. The Labute approximate surface area is 184 Å². The van der Waals surface area contributed by atoms with Gasteiger partial charge >= 0.3 is 5.97 Å². The van der Waals surface area contributed by atoms with Gasteiger partial charge < -0.3 is 14.2 Å². The summed E-state index contributed by atoms with van der Waals surface area (Å²) < 4.78 is 16.9. The summed E-state index contributed by atoms with van der Waals surface area (Å²) in [6.07, 6.45) is 0. The Kier molecular flexibility index (Phi) is 7.01. The SMILES string of the molecule is CCOC(=O)COc1cc(-c2cccc(C)c2)ccc1Oc1ccc(C(C)(C)C)cc1. The van der Waals surface area contributed by atoms with Crippen LogP contribution in [0.4, 0.5) is 0 Å². The van der Waals surface area contributed by atoms with Gasteiger partial charge in [-0.3, -0.25) is 0 Å². The third-order valence-corrected chi connectivity index (χ3v) is 4.89. The predicted octanol–water partition coefficient (Wildman–Crippen LogP) is 6.69. The Morgan fingerprint density at radius 2 is 1.58 bits per heavy atom. The van der Waals surface area contributed by atoms with Crippen LogP contribution in [-0.2, 0) is 14.9 Å². The maximum atomic E-state index is 11.8. The Balaban J connectivity index is 1.89. The van der Waals surface area contributed by atoms with Gasteiger partial charge in [-0.05, 0) is 60.2 Å². The minimum atomic E-state index is -0.413. The van der Waals surface area contributed by atoms with Gasteiger partial charge in [0, 0.05) is 0 Å². The van der Waals surface area contributed by atoms with Crippen LogP contribution in [0.1, 0.15) is 38.8 Å². The molecular formula is C27H30O4. The molecule has 0 bridgehead atoms. The molecular weight excluding hydrogens is 388 g/mol. The van der Waals surface area contributed by atoms with E-state index in [-0.39, 0.29) is 12.0 Å². The summed E-state index contributed by atoms with van der Waals surface area (Å²) in [7, 11) is 0. The lowest BCUT2D eigenvalue weighted by Crippen LogP contribution is -2.14. The van der Waals surface area contributed by atoms with Gasteiger partial charge in [0.15, 0.2) is 18.1 Å². The van der Waals surface area contributed by atoms with Crippen molar-refractivity contribution in [2.75, 3.05) is 13.2 Å². The highest BCUT2D eigenvalue weighted by atomic mass is 16.6. The van der Waals surface area contributed by atoms with Crippen molar-refractivity contribution in [2.24, 2.45) is 0 Å². The van der Waals surface area contributed by atoms with E-state index < -0.39 is 5.97 Å². The topological polar surface area (TPSA) is 44.8 Å². The van der Waals surface area contributed by atoms with Crippen molar-refractivity contribution >= 4 is 5.97 Å². The Morgan fingerprint density at radius 3 is 2.23 bits per heavy atom. The molecule has 3 rings (SSSR count). The Morgan fingerprint density at radius 1 is 0.871 bits per heavy atom. The summed E-state index contributed by atoms with van der Waals surface area (Å²) in [5.74, 6) is 1.33. The summed E-state index contributed by atoms with van der Waals surface area (Å²) in [6, 6.07) is 22.0. The van der Waals surface area contributed by atoms with Gasteiger partial charge in [-0.1, -0.05) is 68.8 Å². The van der Waals surface area contributed by atoms with Gasteiger partial charge in [0.25, 0.3) is 0 Å². The average Bonchev–Trinajstić information content (AvgIpc) is 2.73. The van der Waals surface area contributed by atoms with Crippen molar-refractivity contribution in [1.29, 1.82) is 0 Å². The van der Waals surface area contributed by atoms with E-state index in [1.54, 1.807) is 6.92 Å². The van der Waals surface area contributed by atoms with Crippen LogP contribution in [0.5, 0.6) is 17.2 Å². The molecule has 0 heterocycles. The van der Waals surface area contributed by atoms with Crippen LogP contribution in [0.25, 0.3) is 11.1 Å². The molecule has 0 saturated carbocycles. The molecule has 3 aromatic carbocycles. The number of carbonyl (C=O) groups is 1. The number of aryl methyl sites for hydroxylation is 1. The second-order valence-electron chi connectivity index (χ2n) is 8.50. The van der Waals surface area contributed by atoms with E-state index in [1.807, 2.05) is 42.5 Å². The molecule has 0 fully saturated rings. The lowest BCUT2D eigenvalue weighted by Gasteiger charge is -2.19. The van der Waals surface area contributed by atoms with E-state index >= 15 is 0 Å². The van der Waals surface area contributed by atoms with Crippen molar-refractivity contribution in [3.8, 4) is 28.4 Å². The molecule has 0 aliphatic carbocycles. The van der Waals surface area contributed by atoms with E-state index in [9.17, 15) is 4.79 Å². The molecule has 0 saturated heterocycles. The lowest BCUT2D eigenvalue weighted by atomic mass is 9.87. The quantitative estimate of drug-likeness (QED) is 0.401. The van der Waals surface area contributed by atoms with Crippen LogP contribution in [-0.4, -0.2) is 19.2 Å². The summed E-state index contributed by atoms with van der Waals surface area (Å²) in [5, 5.41) is 0. The fourth-order valence-corrected chi connectivity index (χ4v) is 3.20. The summed E-state index contributed by atoms with van der Waals surface area (Å²) in [4.78, 5) is 11.8. The van der Waals surface area contributed by atoms with E-state index in [0.29, 0.717) is 23.9 Å². The molecule has 162 valence electrons. The standard InChI is InChI=1S/C27H30O4/c1-6-29-26(28)18-30-25-17-21(20-9-7-8-19(2)16-20)10-15-24(25)31-23-13-11-22(12-14-23)27(3,4)5/h7-17H,6,18H2,1-5H3. The van der Waals surface area contributed by atoms with E-state index in [2.05, 4.69) is 52.0 Å². The van der Waals surface area contributed by atoms with Crippen LogP contribution >= 0.6 is 0 Å². The van der Waals surface area contributed by atoms with Crippen molar-refractivity contribution in [3.05, 3.63) is 77.9 Å². The first-order chi connectivity index (χ1) is 14.8. The van der Waals surface area contributed by atoms with Crippen LogP contribution in [0.3, 0.4) is 0 Å². The number of esters is 1. The predicted molar refractivity (Wildman–Crippen MR) is 124 cm³/mol. The minimum Gasteiger partial charge on any atom is -0.478 e. The molecule has 0 aromatic heterocycles. The number of ether oxygens (including phenoxy) is 3. The fourth-order valence-electron chi connectivity index (χ4n) is 3.20. The zero-order chi connectivity index (χ0) is 22.4. The zero-order valence-corrected chi connectivity index (χ0v) is 18.9. The Hall–Kier alpha value is -3.27. The first kappa shape index (κ1) is 22.4. The maximum absolute atomic E-state index is 11.8. The molecule has 0 atom stereocenters. The third kappa shape index (κ3) is 6.11. The van der Waals surface area contributed by atoms with Crippen molar-refractivity contribution in [3.63, 3.8) is 0 Å². The molecule has 0 aliphatic rings. The summed E-state index contributed by atoms with van der Waals surface area (Å²) in [5.41, 5.74) is 4.53. The highest BCUT2D eigenvalue weighted by molar-refractivity contribution is 5.72. The average molecular weight is 419 g/mol. The van der Waals surface area contributed by atoms with Crippen molar-refractivity contribution < 1.29 is 19.0 Å². The monoisotopic (exact) mass is 418 g/mol. The highest BCUT2D eigenvalue weighted by Crippen LogP contribution is 2.36. The number of benzene rings is 3. The van der Waals surface area contributed by atoms with Gasteiger partial charge in [0.05, 0.1) is 6.61 Å². The van der Waals surface area contributed by atoms with Gasteiger partial charge in [-0.2, -0.15) is 0 Å². The molecule has 4 nitrogen and oxygen atoms in total. The first-order valence-electron chi connectivity index (χ1n) is 10.5. The molecule has 0 radical (unpaired) electrons. The molecule has 0 unspecified atom stereocenters. The van der Waals surface area contributed by atoms with Gasteiger partial charge in [-0.15, -0.1) is 0 Å². The first-order valence-corrected chi connectivity index (χ1v) is 10.5. The highest BCUT2D eigenvalue weighted by Gasteiger charge is 2.15. The summed E-state index contributed by atoms with van der Waals surface area (Å²) >= 11 is 0. The number of rotatable bonds is 7. The second-order valence-corrected chi connectivity index (χ2v) is 8.50. The minimum absolute atomic E-state index is 0.0713. The third-order valence-electron chi connectivity index (χ3n) is 4.89. The van der Waals surface area contributed by atoms with Crippen molar-refractivity contribution in [2.45, 2.75) is 40.0 Å². The van der Waals surface area contributed by atoms with Crippen LogP contribution in [0.2, 0.25) is 0 Å². The summed E-state index contributed by atoms with van der Waals surface area (Å²) in [6.45, 7) is 10.5. The van der Waals surface area contributed by atoms with Crippen molar-refractivity contribution in [1.82, 2.24) is 0 Å². The molecule has 4 heteroatoms. The normalized spacial score (nSPS) is 11.1. The maximum Gasteiger partial charge on any atom is 0.344 e. The van der Waals surface area contributed by atoms with Gasteiger partial charge in [-0.25, -0.2) is 4.79 Å². The fraction of sp³-hybridized carbons (Fsp3) is 0.296. The molecule has 31 heavy (non-hydrogen) atoms. The Bertz CT molecular complexity index is 1030.